The molecule has 0 aromatic carbocycles. The lowest BCUT2D eigenvalue weighted by atomic mass is 10.0. The molecule has 0 aliphatic carbocycles. The fraction of sp³-hybridized carbons (Fsp3) is 0.875. The van der Waals surface area contributed by atoms with E-state index in [1.165, 1.54) is 6.92 Å². The highest BCUT2D eigenvalue weighted by Gasteiger charge is 2.28. The van der Waals surface area contributed by atoms with Crippen LogP contribution in [0.25, 0.3) is 0 Å². The molecule has 0 unspecified atom stereocenters. The van der Waals surface area contributed by atoms with E-state index in [-0.39, 0.29) is 12.5 Å². The van der Waals surface area contributed by atoms with Crippen LogP contribution in [-0.2, 0) is 9.53 Å². The maximum Gasteiger partial charge on any atom is 0.216 e. The van der Waals surface area contributed by atoms with Crippen molar-refractivity contribution in [3.63, 3.8) is 0 Å². The van der Waals surface area contributed by atoms with Gasteiger partial charge in [0.25, 0.3) is 0 Å². The summed E-state index contributed by atoms with van der Waals surface area (Å²) in [4.78, 5) is 10.6. The van der Waals surface area contributed by atoms with Crippen LogP contribution in [0.3, 0.4) is 0 Å². The minimum Gasteiger partial charge on any atom is -0.390 e. The third-order valence-corrected chi connectivity index (χ3v) is 2.02. The van der Waals surface area contributed by atoms with Crippen LogP contribution in [0.1, 0.15) is 19.8 Å². The number of rotatable bonds is 2. The van der Waals surface area contributed by atoms with Crippen molar-refractivity contribution in [2.24, 2.45) is 0 Å². The molecule has 0 bridgehead atoms. The summed E-state index contributed by atoms with van der Waals surface area (Å²) < 4.78 is 5.04. The number of ether oxygens (including phenoxy) is 1. The standard InChI is InChI=1S/C8H15NO4/c1-5(10)9-4-7-6(11)2-3-8(12)13-7/h6-8,11-12H,2-4H2,1H3,(H,9,10)/t6-,7+,8-/m0/s1. The van der Waals surface area contributed by atoms with Crippen molar-refractivity contribution in [1.29, 1.82) is 0 Å². The summed E-state index contributed by atoms with van der Waals surface area (Å²) in [7, 11) is 0. The molecule has 1 heterocycles. The van der Waals surface area contributed by atoms with Crippen molar-refractivity contribution < 1.29 is 19.7 Å². The second kappa shape index (κ2) is 4.55. The Morgan fingerprint density at radius 2 is 2.23 bits per heavy atom. The largest absolute Gasteiger partial charge is 0.390 e. The van der Waals surface area contributed by atoms with Crippen molar-refractivity contribution in [3.8, 4) is 0 Å². The van der Waals surface area contributed by atoms with E-state index in [1.54, 1.807) is 0 Å². The quantitative estimate of drug-likeness (QED) is 0.519. The molecule has 5 nitrogen and oxygen atoms in total. The van der Waals surface area contributed by atoms with Gasteiger partial charge in [-0.05, 0) is 6.42 Å². The molecule has 0 aromatic heterocycles. The molecule has 76 valence electrons. The number of carbonyl (C=O) groups is 1. The number of hydrogen-bond donors (Lipinski definition) is 3. The molecule has 0 saturated carbocycles. The van der Waals surface area contributed by atoms with Gasteiger partial charge in [-0.2, -0.15) is 0 Å². The van der Waals surface area contributed by atoms with Gasteiger partial charge in [0.1, 0.15) is 6.10 Å². The second-order valence-electron chi connectivity index (χ2n) is 3.21. The molecule has 5 heteroatoms. The van der Waals surface area contributed by atoms with E-state index in [0.717, 1.165) is 0 Å². The normalized spacial score (nSPS) is 34.2. The fourth-order valence-electron chi connectivity index (χ4n) is 1.29. The molecule has 3 N–H and O–H groups in total. The Morgan fingerprint density at radius 3 is 2.85 bits per heavy atom. The molecule has 1 aliphatic rings. The number of aliphatic hydroxyl groups is 2. The van der Waals surface area contributed by atoms with Crippen molar-refractivity contribution in [3.05, 3.63) is 0 Å². The molecule has 0 spiro atoms. The SMILES string of the molecule is CC(=O)NC[C@H]1O[C@H](O)CC[C@@H]1O. The maximum atomic E-state index is 10.6. The van der Waals surface area contributed by atoms with E-state index in [2.05, 4.69) is 5.32 Å². The van der Waals surface area contributed by atoms with Crippen molar-refractivity contribution >= 4 is 5.91 Å². The van der Waals surface area contributed by atoms with Gasteiger partial charge in [-0.3, -0.25) is 4.79 Å². The second-order valence-corrected chi connectivity index (χ2v) is 3.21. The average molecular weight is 189 g/mol. The van der Waals surface area contributed by atoms with Gasteiger partial charge < -0.3 is 20.3 Å². The zero-order chi connectivity index (χ0) is 9.84. The summed E-state index contributed by atoms with van der Waals surface area (Å²) in [6.45, 7) is 1.64. The topological polar surface area (TPSA) is 78.8 Å². The molecule has 1 fully saturated rings. The van der Waals surface area contributed by atoms with Crippen LogP contribution in [0, 0.1) is 0 Å². The summed E-state index contributed by atoms with van der Waals surface area (Å²) in [5.41, 5.74) is 0. The van der Waals surface area contributed by atoms with Crippen LogP contribution >= 0.6 is 0 Å². The molecular weight excluding hydrogens is 174 g/mol. The fourth-order valence-corrected chi connectivity index (χ4v) is 1.29. The monoisotopic (exact) mass is 189 g/mol. The van der Waals surface area contributed by atoms with E-state index >= 15 is 0 Å². The smallest absolute Gasteiger partial charge is 0.216 e. The van der Waals surface area contributed by atoms with Crippen LogP contribution in [0.15, 0.2) is 0 Å². The highest BCUT2D eigenvalue weighted by molar-refractivity contribution is 5.72. The molecule has 0 radical (unpaired) electrons. The van der Waals surface area contributed by atoms with Crippen LogP contribution < -0.4 is 5.32 Å². The van der Waals surface area contributed by atoms with Gasteiger partial charge >= 0.3 is 0 Å². The van der Waals surface area contributed by atoms with Crippen LogP contribution in [-0.4, -0.2) is 41.2 Å². The van der Waals surface area contributed by atoms with E-state index in [0.29, 0.717) is 12.8 Å². The summed E-state index contributed by atoms with van der Waals surface area (Å²) in [5, 5.41) is 21.1. The lowest BCUT2D eigenvalue weighted by molar-refractivity contribution is -0.197. The lowest BCUT2D eigenvalue weighted by Gasteiger charge is -2.31. The predicted molar refractivity (Wildman–Crippen MR) is 44.8 cm³/mol. The summed E-state index contributed by atoms with van der Waals surface area (Å²) >= 11 is 0. The predicted octanol–water partition coefficient (Wildman–Crippen LogP) is -1.02. The van der Waals surface area contributed by atoms with Crippen LogP contribution in [0.5, 0.6) is 0 Å². The van der Waals surface area contributed by atoms with Gasteiger partial charge in [0, 0.05) is 19.9 Å². The van der Waals surface area contributed by atoms with Crippen LogP contribution in [0.4, 0.5) is 0 Å². The number of nitrogens with one attached hydrogen (secondary N) is 1. The van der Waals surface area contributed by atoms with Gasteiger partial charge in [0.2, 0.25) is 5.91 Å². The first-order chi connectivity index (χ1) is 6.09. The highest BCUT2D eigenvalue weighted by Crippen LogP contribution is 2.17. The minimum absolute atomic E-state index is 0.170. The van der Waals surface area contributed by atoms with E-state index in [9.17, 15) is 9.90 Å². The first-order valence-electron chi connectivity index (χ1n) is 4.35. The zero-order valence-electron chi connectivity index (χ0n) is 7.56. The third kappa shape index (κ3) is 3.30. The highest BCUT2D eigenvalue weighted by atomic mass is 16.6. The molecule has 0 aromatic rings. The average Bonchev–Trinajstić information content (AvgIpc) is 2.06. The number of amides is 1. The van der Waals surface area contributed by atoms with Gasteiger partial charge in [-0.1, -0.05) is 0 Å². The molecule has 1 amide bonds. The molecular formula is C8H15NO4. The van der Waals surface area contributed by atoms with Gasteiger partial charge in [0.05, 0.1) is 6.10 Å². The van der Waals surface area contributed by atoms with Gasteiger partial charge in [-0.25, -0.2) is 0 Å². The maximum absolute atomic E-state index is 10.6. The summed E-state index contributed by atoms with van der Waals surface area (Å²) in [6.07, 6.45) is -0.964. The number of hydrogen-bond acceptors (Lipinski definition) is 4. The number of aliphatic hydroxyl groups excluding tert-OH is 2. The summed E-state index contributed by atoms with van der Waals surface area (Å²) in [5.74, 6) is -0.170. The first kappa shape index (κ1) is 10.4. The summed E-state index contributed by atoms with van der Waals surface area (Å²) in [6, 6.07) is 0. The Bertz CT molecular complexity index is 185. The van der Waals surface area contributed by atoms with Crippen molar-refractivity contribution in [1.82, 2.24) is 5.32 Å². The molecule has 1 saturated heterocycles. The minimum atomic E-state index is -0.817. The third-order valence-electron chi connectivity index (χ3n) is 2.02. The Kier molecular flexibility index (Phi) is 3.65. The molecule has 1 aliphatic heterocycles. The Balaban J connectivity index is 2.33. The van der Waals surface area contributed by atoms with Gasteiger partial charge in [0.15, 0.2) is 6.29 Å². The van der Waals surface area contributed by atoms with E-state index < -0.39 is 18.5 Å². The Hall–Kier alpha value is -0.650. The molecule has 13 heavy (non-hydrogen) atoms. The number of carbonyl (C=O) groups excluding carboxylic acids is 1. The molecule has 1 rings (SSSR count). The lowest BCUT2D eigenvalue weighted by Crippen LogP contribution is -2.45. The van der Waals surface area contributed by atoms with Crippen molar-refractivity contribution in [2.75, 3.05) is 6.54 Å². The van der Waals surface area contributed by atoms with E-state index in [1.807, 2.05) is 0 Å². The first-order valence-corrected chi connectivity index (χ1v) is 4.35. The van der Waals surface area contributed by atoms with Crippen molar-refractivity contribution in [2.45, 2.75) is 38.3 Å². The molecule has 3 atom stereocenters. The Morgan fingerprint density at radius 1 is 1.54 bits per heavy atom. The zero-order valence-corrected chi connectivity index (χ0v) is 7.56. The van der Waals surface area contributed by atoms with E-state index in [4.69, 9.17) is 9.84 Å². The van der Waals surface area contributed by atoms with Crippen LogP contribution in [0.2, 0.25) is 0 Å². The Labute approximate surface area is 76.7 Å². The van der Waals surface area contributed by atoms with Gasteiger partial charge in [-0.15, -0.1) is 0 Å².